The molecule has 3 aromatic carbocycles. The van der Waals surface area contributed by atoms with Crippen molar-refractivity contribution in [2.24, 2.45) is 4.99 Å². The molecule has 6 nitrogen and oxygen atoms in total. The Kier molecular flexibility index (Phi) is 7.19. The second-order valence-corrected chi connectivity index (χ2v) is 7.37. The highest BCUT2D eigenvalue weighted by Gasteiger charge is 2.13. The average Bonchev–Trinajstić information content (AvgIpc) is 2.73. The minimum absolute atomic E-state index is 0.0484. The van der Waals surface area contributed by atoms with Crippen molar-refractivity contribution in [1.29, 1.82) is 0 Å². The highest BCUT2D eigenvalue weighted by molar-refractivity contribution is 9.10. The zero-order chi connectivity index (χ0) is 21.5. The molecule has 0 saturated heterocycles. The lowest BCUT2D eigenvalue weighted by Gasteiger charge is -2.14. The van der Waals surface area contributed by atoms with Crippen LogP contribution in [0.15, 0.2) is 70.1 Å². The van der Waals surface area contributed by atoms with Crippen LogP contribution in [0.5, 0.6) is 11.5 Å². The minimum atomic E-state index is -0.425. The monoisotopic (exact) mass is 468 g/mol. The van der Waals surface area contributed by atoms with Gasteiger partial charge < -0.3 is 9.47 Å². The van der Waals surface area contributed by atoms with Crippen molar-refractivity contribution < 1.29 is 14.4 Å². The van der Waals surface area contributed by atoms with Gasteiger partial charge in [-0.05, 0) is 76.8 Å². The number of aryl methyl sites for hydroxylation is 1. The summed E-state index contributed by atoms with van der Waals surface area (Å²) in [5.41, 5.74) is 3.75. The molecule has 0 aliphatic carbocycles. The molecular weight excluding hydrogens is 448 g/mol. The predicted octanol–water partition coefficient (Wildman–Crippen LogP) is 6.39. The first kappa shape index (κ1) is 21.5. The Bertz CT molecular complexity index is 1070. The second-order valence-electron chi connectivity index (χ2n) is 6.52. The van der Waals surface area contributed by atoms with Crippen molar-refractivity contribution in [3.63, 3.8) is 0 Å². The smallest absolute Gasteiger partial charge is 0.269 e. The first-order chi connectivity index (χ1) is 14.5. The Hall–Kier alpha value is -3.19. The molecule has 30 heavy (non-hydrogen) atoms. The molecule has 0 bridgehead atoms. The molecule has 0 radical (unpaired) electrons. The molecule has 0 amide bonds. The average molecular weight is 469 g/mol. The van der Waals surface area contributed by atoms with Gasteiger partial charge in [0.05, 0.1) is 21.7 Å². The van der Waals surface area contributed by atoms with Crippen LogP contribution in [0.2, 0.25) is 0 Å². The molecule has 3 aromatic rings. The summed E-state index contributed by atoms with van der Waals surface area (Å²) in [5.74, 6) is 1.17. The molecule has 0 N–H and O–H groups in total. The van der Waals surface area contributed by atoms with Crippen molar-refractivity contribution in [3.8, 4) is 11.5 Å². The molecule has 0 aliphatic rings. The number of non-ortho nitro benzene ring substituents is 1. The molecule has 0 spiro atoms. The van der Waals surface area contributed by atoms with Crippen LogP contribution in [0, 0.1) is 17.0 Å². The first-order valence-electron chi connectivity index (χ1n) is 9.40. The van der Waals surface area contributed by atoms with Crippen LogP contribution in [-0.2, 0) is 6.61 Å². The lowest BCUT2D eigenvalue weighted by atomic mass is 10.2. The molecule has 0 heterocycles. The van der Waals surface area contributed by atoms with Gasteiger partial charge in [-0.3, -0.25) is 15.1 Å². The van der Waals surface area contributed by atoms with E-state index in [1.165, 1.54) is 12.1 Å². The number of rotatable bonds is 8. The van der Waals surface area contributed by atoms with Gasteiger partial charge in [0.25, 0.3) is 5.69 Å². The zero-order valence-corrected chi connectivity index (χ0v) is 18.3. The molecule has 154 valence electrons. The maximum atomic E-state index is 10.8. The van der Waals surface area contributed by atoms with Crippen LogP contribution in [0.4, 0.5) is 11.4 Å². The molecule has 0 aliphatic heterocycles. The molecule has 0 saturated carbocycles. The fourth-order valence-electron chi connectivity index (χ4n) is 2.79. The zero-order valence-electron chi connectivity index (χ0n) is 16.7. The summed E-state index contributed by atoms with van der Waals surface area (Å²) < 4.78 is 12.5. The normalized spacial score (nSPS) is 10.9. The molecule has 0 fully saturated rings. The maximum Gasteiger partial charge on any atom is 0.269 e. The van der Waals surface area contributed by atoms with E-state index in [0.717, 1.165) is 26.9 Å². The maximum absolute atomic E-state index is 10.8. The van der Waals surface area contributed by atoms with Gasteiger partial charge in [0.2, 0.25) is 0 Å². The van der Waals surface area contributed by atoms with Crippen LogP contribution < -0.4 is 9.47 Å². The van der Waals surface area contributed by atoms with Crippen LogP contribution in [0.3, 0.4) is 0 Å². The predicted molar refractivity (Wildman–Crippen MR) is 121 cm³/mol. The van der Waals surface area contributed by atoms with E-state index in [1.54, 1.807) is 18.3 Å². The Morgan fingerprint density at radius 2 is 1.83 bits per heavy atom. The third kappa shape index (κ3) is 5.45. The van der Waals surface area contributed by atoms with Crippen LogP contribution in [-0.4, -0.2) is 17.7 Å². The molecule has 0 aromatic heterocycles. The molecule has 0 atom stereocenters. The first-order valence-corrected chi connectivity index (χ1v) is 10.2. The van der Waals surface area contributed by atoms with Crippen LogP contribution in [0.25, 0.3) is 0 Å². The summed E-state index contributed by atoms with van der Waals surface area (Å²) in [4.78, 5) is 14.9. The van der Waals surface area contributed by atoms with E-state index in [2.05, 4.69) is 20.9 Å². The molecule has 3 rings (SSSR count). The van der Waals surface area contributed by atoms with E-state index in [4.69, 9.17) is 9.47 Å². The van der Waals surface area contributed by atoms with Crippen LogP contribution in [0.1, 0.15) is 23.6 Å². The fraction of sp³-hybridized carbons (Fsp3) is 0.174. The quantitative estimate of drug-likeness (QED) is 0.218. The summed E-state index contributed by atoms with van der Waals surface area (Å²) in [7, 11) is 0. The number of para-hydroxylation sites is 1. The third-order valence-corrected chi connectivity index (χ3v) is 4.92. The van der Waals surface area contributed by atoms with E-state index >= 15 is 0 Å². The largest absolute Gasteiger partial charge is 0.490 e. The Morgan fingerprint density at radius 1 is 1.10 bits per heavy atom. The summed E-state index contributed by atoms with van der Waals surface area (Å²) >= 11 is 3.56. The van der Waals surface area contributed by atoms with E-state index in [9.17, 15) is 10.1 Å². The van der Waals surface area contributed by atoms with E-state index in [-0.39, 0.29) is 12.3 Å². The van der Waals surface area contributed by atoms with Crippen molar-refractivity contribution in [3.05, 3.63) is 91.9 Å². The van der Waals surface area contributed by atoms with Gasteiger partial charge in [-0.2, -0.15) is 0 Å². The molecule has 0 unspecified atom stereocenters. The fourth-order valence-corrected chi connectivity index (χ4v) is 3.36. The van der Waals surface area contributed by atoms with E-state index < -0.39 is 4.92 Å². The SMILES string of the molecule is CCOc1cc(C=Nc2ccccc2C)cc(Br)c1OCc1ccc([N+](=O)[O-])cc1. The number of aliphatic imine (C=N–C) groups is 1. The summed E-state index contributed by atoms with van der Waals surface area (Å²) in [5, 5.41) is 10.8. The van der Waals surface area contributed by atoms with Crippen molar-refractivity contribution >= 4 is 33.5 Å². The highest BCUT2D eigenvalue weighted by atomic mass is 79.9. The van der Waals surface area contributed by atoms with Crippen molar-refractivity contribution in [2.45, 2.75) is 20.5 Å². The van der Waals surface area contributed by atoms with E-state index in [1.807, 2.05) is 50.2 Å². The Balaban J connectivity index is 1.80. The topological polar surface area (TPSA) is 74.0 Å². The number of nitrogens with zero attached hydrogens (tertiary/aromatic N) is 2. The number of benzene rings is 3. The Morgan fingerprint density at radius 3 is 2.50 bits per heavy atom. The lowest BCUT2D eigenvalue weighted by Crippen LogP contribution is -2.01. The number of hydrogen-bond acceptors (Lipinski definition) is 5. The van der Waals surface area contributed by atoms with Crippen LogP contribution >= 0.6 is 15.9 Å². The highest BCUT2D eigenvalue weighted by Crippen LogP contribution is 2.37. The summed E-state index contributed by atoms with van der Waals surface area (Å²) in [6.45, 7) is 4.66. The van der Waals surface area contributed by atoms with Gasteiger partial charge in [0.1, 0.15) is 6.61 Å². The van der Waals surface area contributed by atoms with E-state index in [0.29, 0.717) is 18.1 Å². The van der Waals surface area contributed by atoms with Gasteiger partial charge >= 0.3 is 0 Å². The Labute approximate surface area is 183 Å². The number of nitro groups is 1. The summed E-state index contributed by atoms with van der Waals surface area (Å²) in [6, 6.07) is 18.0. The molecule has 7 heteroatoms. The van der Waals surface area contributed by atoms with Gasteiger partial charge in [-0.15, -0.1) is 0 Å². The number of halogens is 1. The number of hydrogen-bond donors (Lipinski definition) is 0. The van der Waals surface area contributed by atoms with Crippen molar-refractivity contribution in [2.75, 3.05) is 6.61 Å². The minimum Gasteiger partial charge on any atom is -0.490 e. The number of nitro benzene ring substituents is 1. The van der Waals surface area contributed by atoms with Gasteiger partial charge in [-0.1, -0.05) is 18.2 Å². The summed E-state index contributed by atoms with van der Waals surface area (Å²) in [6.07, 6.45) is 1.79. The van der Waals surface area contributed by atoms with Crippen molar-refractivity contribution in [1.82, 2.24) is 0 Å². The molecular formula is C23H21BrN2O4. The van der Waals surface area contributed by atoms with Gasteiger partial charge in [-0.25, -0.2) is 0 Å². The third-order valence-electron chi connectivity index (χ3n) is 4.33. The standard InChI is InChI=1S/C23H21BrN2O4/c1-3-29-22-13-18(14-25-21-7-5-4-6-16(21)2)12-20(24)23(22)30-15-17-8-10-19(11-9-17)26(27)28/h4-14H,3,15H2,1-2H3. The lowest BCUT2D eigenvalue weighted by molar-refractivity contribution is -0.384. The second kappa shape index (κ2) is 10.0. The number of ether oxygens (including phenoxy) is 2. The van der Waals surface area contributed by atoms with Gasteiger partial charge in [0, 0.05) is 18.3 Å². The van der Waals surface area contributed by atoms with Gasteiger partial charge in [0.15, 0.2) is 11.5 Å².